The van der Waals surface area contributed by atoms with Gasteiger partial charge in [0.15, 0.2) is 0 Å². The lowest BCUT2D eigenvalue weighted by Gasteiger charge is -2.22. The summed E-state index contributed by atoms with van der Waals surface area (Å²) in [6, 6.07) is 3.55. The topological polar surface area (TPSA) is 67.6 Å². The molecule has 0 saturated heterocycles. The van der Waals surface area contributed by atoms with Gasteiger partial charge in [0.05, 0.1) is 7.11 Å². The van der Waals surface area contributed by atoms with E-state index >= 15 is 0 Å². The van der Waals surface area contributed by atoms with E-state index in [1.165, 1.54) is 4.90 Å². The second-order valence-corrected chi connectivity index (χ2v) is 4.54. The smallest absolute Gasteiger partial charge is 0.335 e. The number of ether oxygens (including phenoxy) is 1. The number of aryl methyl sites for hydroxylation is 1. The maximum atomic E-state index is 11.6. The third-order valence-corrected chi connectivity index (χ3v) is 2.96. The van der Waals surface area contributed by atoms with Crippen molar-refractivity contribution in [2.24, 2.45) is 5.84 Å². The van der Waals surface area contributed by atoms with E-state index in [1.54, 1.807) is 14.2 Å². The molecule has 2 amide bonds. The van der Waals surface area contributed by atoms with Crippen molar-refractivity contribution in [2.45, 2.75) is 26.7 Å². The molecule has 0 bridgehead atoms. The van der Waals surface area contributed by atoms with Crippen LogP contribution in [-0.2, 0) is 0 Å². The van der Waals surface area contributed by atoms with Gasteiger partial charge in [-0.15, -0.1) is 0 Å². The number of anilines is 1. The third kappa shape index (κ3) is 2.73. The number of carbonyl (C=O) groups excluding carboxylic acids is 1. The summed E-state index contributed by atoms with van der Waals surface area (Å²) in [4.78, 5) is 13.0. The normalized spacial score (nSPS) is 10.4. The van der Waals surface area contributed by atoms with E-state index in [1.807, 2.05) is 19.1 Å². The zero-order valence-electron chi connectivity index (χ0n) is 11.6. The first kappa shape index (κ1) is 14.3. The molecule has 0 heterocycles. The van der Waals surface area contributed by atoms with Crippen molar-refractivity contribution >= 4 is 11.7 Å². The summed E-state index contributed by atoms with van der Waals surface area (Å²) in [5, 5.41) is 0. The van der Waals surface area contributed by atoms with Crippen LogP contribution in [0.3, 0.4) is 0 Å². The van der Waals surface area contributed by atoms with E-state index in [2.05, 4.69) is 19.3 Å². The lowest BCUT2D eigenvalue weighted by atomic mass is 9.99. The fourth-order valence-electron chi connectivity index (χ4n) is 1.88. The Morgan fingerprint density at radius 2 is 2.06 bits per heavy atom. The Kier molecular flexibility index (Phi) is 4.55. The lowest BCUT2D eigenvalue weighted by molar-refractivity contribution is 0.247. The molecule has 0 unspecified atom stereocenters. The molecule has 100 valence electrons. The second kappa shape index (κ2) is 5.73. The van der Waals surface area contributed by atoms with Gasteiger partial charge < -0.3 is 4.74 Å². The zero-order valence-corrected chi connectivity index (χ0v) is 11.6. The predicted octanol–water partition coefficient (Wildman–Crippen LogP) is 2.15. The number of amides is 2. The molecule has 5 heteroatoms. The molecule has 0 fully saturated rings. The molecule has 0 spiro atoms. The number of urea groups is 1. The molecule has 0 aromatic heterocycles. The highest BCUT2D eigenvalue weighted by molar-refractivity contribution is 5.92. The Bertz CT molecular complexity index is 444. The number of hydrogen-bond donors (Lipinski definition) is 2. The molecular formula is C13H21N3O2. The minimum absolute atomic E-state index is 0.314. The number of methoxy groups -OCH3 is 1. The largest absolute Gasteiger partial charge is 0.496 e. The quantitative estimate of drug-likeness (QED) is 0.491. The van der Waals surface area contributed by atoms with Gasteiger partial charge >= 0.3 is 6.03 Å². The first-order valence-corrected chi connectivity index (χ1v) is 5.85. The first-order chi connectivity index (χ1) is 8.42. The van der Waals surface area contributed by atoms with Crippen molar-refractivity contribution in [2.75, 3.05) is 19.1 Å². The maximum Gasteiger partial charge on any atom is 0.335 e. The van der Waals surface area contributed by atoms with Gasteiger partial charge in [-0.25, -0.2) is 10.6 Å². The summed E-state index contributed by atoms with van der Waals surface area (Å²) >= 11 is 0. The Hall–Kier alpha value is -1.75. The summed E-state index contributed by atoms with van der Waals surface area (Å²) in [7, 11) is 3.33. The minimum atomic E-state index is -0.349. The monoisotopic (exact) mass is 251 g/mol. The van der Waals surface area contributed by atoms with Gasteiger partial charge in [-0.05, 0) is 36.1 Å². The first-order valence-electron chi connectivity index (χ1n) is 5.85. The number of nitrogens with one attached hydrogen (secondary N) is 1. The van der Waals surface area contributed by atoms with Crippen LogP contribution in [0.25, 0.3) is 0 Å². The SMILES string of the molecule is COc1cc(C)c(N(C)C(=O)NN)cc1C(C)C. The number of rotatable bonds is 3. The van der Waals surface area contributed by atoms with Gasteiger partial charge in [-0.1, -0.05) is 13.8 Å². The third-order valence-electron chi connectivity index (χ3n) is 2.96. The van der Waals surface area contributed by atoms with Gasteiger partial charge in [0.2, 0.25) is 0 Å². The van der Waals surface area contributed by atoms with Crippen LogP contribution in [0.2, 0.25) is 0 Å². The molecule has 0 atom stereocenters. The molecule has 0 aliphatic heterocycles. The zero-order chi connectivity index (χ0) is 13.9. The standard InChI is InChI=1S/C13H21N3O2/c1-8(2)10-7-11(16(4)13(17)15-14)9(3)6-12(10)18-5/h6-8H,14H2,1-5H3,(H,15,17). The van der Waals surface area contributed by atoms with Crippen molar-refractivity contribution in [3.63, 3.8) is 0 Å². The molecule has 3 N–H and O–H groups in total. The molecule has 1 rings (SSSR count). The fraction of sp³-hybridized carbons (Fsp3) is 0.462. The van der Waals surface area contributed by atoms with Crippen LogP contribution >= 0.6 is 0 Å². The van der Waals surface area contributed by atoms with Gasteiger partial charge in [-0.2, -0.15) is 0 Å². The minimum Gasteiger partial charge on any atom is -0.496 e. The summed E-state index contributed by atoms with van der Waals surface area (Å²) < 4.78 is 5.37. The number of carbonyl (C=O) groups is 1. The molecule has 0 aliphatic rings. The molecule has 18 heavy (non-hydrogen) atoms. The molecule has 0 aliphatic carbocycles. The highest BCUT2D eigenvalue weighted by Gasteiger charge is 2.16. The molecule has 0 radical (unpaired) electrons. The molecular weight excluding hydrogens is 230 g/mol. The van der Waals surface area contributed by atoms with E-state index in [4.69, 9.17) is 10.6 Å². The van der Waals surface area contributed by atoms with Crippen LogP contribution in [0.5, 0.6) is 5.75 Å². The average Bonchev–Trinajstić information content (AvgIpc) is 2.36. The highest BCUT2D eigenvalue weighted by atomic mass is 16.5. The van der Waals surface area contributed by atoms with Crippen molar-refractivity contribution in [1.82, 2.24) is 5.43 Å². The molecule has 1 aromatic carbocycles. The van der Waals surface area contributed by atoms with Crippen LogP contribution in [0.15, 0.2) is 12.1 Å². The van der Waals surface area contributed by atoms with Gasteiger partial charge in [-0.3, -0.25) is 10.3 Å². The van der Waals surface area contributed by atoms with Crippen LogP contribution in [-0.4, -0.2) is 20.2 Å². The van der Waals surface area contributed by atoms with Crippen molar-refractivity contribution in [1.29, 1.82) is 0 Å². The molecule has 1 aromatic rings. The van der Waals surface area contributed by atoms with E-state index in [0.29, 0.717) is 5.92 Å². The van der Waals surface area contributed by atoms with E-state index in [0.717, 1.165) is 22.6 Å². The summed E-state index contributed by atoms with van der Waals surface area (Å²) in [5.74, 6) is 6.30. The highest BCUT2D eigenvalue weighted by Crippen LogP contribution is 2.33. The second-order valence-electron chi connectivity index (χ2n) is 4.54. The predicted molar refractivity (Wildman–Crippen MR) is 72.9 cm³/mol. The Morgan fingerprint density at radius 3 is 2.50 bits per heavy atom. The summed E-state index contributed by atoms with van der Waals surface area (Å²) in [6.45, 7) is 6.10. The van der Waals surface area contributed by atoms with E-state index < -0.39 is 0 Å². The maximum absolute atomic E-state index is 11.6. The van der Waals surface area contributed by atoms with E-state index in [-0.39, 0.29) is 6.03 Å². The fourth-order valence-corrected chi connectivity index (χ4v) is 1.88. The number of benzene rings is 1. The van der Waals surface area contributed by atoms with Crippen LogP contribution < -0.4 is 20.9 Å². The van der Waals surface area contributed by atoms with Crippen LogP contribution in [0.4, 0.5) is 10.5 Å². The van der Waals surface area contributed by atoms with Gasteiger partial charge in [0.25, 0.3) is 0 Å². The van der Waals surface area contributed by atoms with Crippen LogP contribution in [0, 0.1) is 6.92 Å². The average molecular weight is 251 g/mol. The van der Waals surface area contributed by atoms with Crippen molar-refractivity contribution < 1.29 is 9.53 Å². The Labute approximate surface area is 108 Å². The van der Waals surface area contributed by atoms with Crippen molar-refractivity contribution in [3.05, 3.63) is 23.3 Å². The van der Waals surface area contributed by atoms with Gasteiger partial charge in [0.1, 0.15) is 5.75 Å². The van der Waals surface area contributed by atoms with Gasteiger partial charge in [0, 0.05) is 12.7 Å². The lowest BCUT2D eigenvalue weighted by Crippen LogP contribution is -2.41. The summed E-state index contributed by atoms with van der Waals surface area (Å²) in [6.07, 6.45) is 0. The number of hydrazine groups is 1. The Balaban J connectivity index is 3.29. The molecule has 5 nitrogen and oxygen atoms in total. The molecule has 0 saturated carbocycles. The summed E-state index contributed by atoms with van der Waals surface area (Å²) in [5.41, 5.74) is 4.97. The van der Waals surface area contributed by atoms with Crippen LogP contribution in [0.1, 0.15) is 30.9 Å². The number of hydrogen-bond acceptors (Lipinski definition) is 3. The Morgan fingerprint density at radius 1 is 1.44 bits per heavy atom. The van der Waals surface area contributed by atoms with E-state index in [9.17, 15) is 4.79 Å². The number of nitrogens with two attached hydrogens (primary N) is 1. The van der Waals surface area contributed by atoms with Crippen molar-refractivity contribution in [3.8, 4) is 5.75 Å². The number of nitrogens with zero attached hydrogens (tertiary/aromatic N) is 1.